The summed E-state index contributed by atoms with van der Waals surface area (Å²) < 4.78 is 1.31. The fourth-order valence-corrected chi connectivity index (χ4v) is 5.04. The maximum absolute atomic E-state index is 12.3. The van der Waals surface area contributed by atoms with Gasteiger partial charge in [0, 0.05) is 20.7 Å². The summed E-state index contributed by atoms with van der Waals surface area (Å²) in [5.41, 5.74) is 1.73. The fraction of sp³-hybridized carbons (Fsp3) is 0.176. The number of anilines is 1. The highest BCUT2D eigenvalue weighted by molar-refractivity contribution is 7.16. The third-order valence-electron chi connectivity index (χ3n) is 3.83. The van der Waals surface area contributed by atoms with Crippen molar-refractivity contribution >= 4 is 55.3 Å². The molecule has 4 aromatic rings. The Morgan fingerprint density at radius 1 is 1.31 bits per heavy atom. The zero-order chi connectivity index (χ0) is 18.3. The molecule has 0 bridgehead atoms. The van der Waals surface area contributed by atoms with Crippen LogP contribution in [-0.4, -0.2) is 20.4 Å². The number of carbonyl (C=O) groups is 1. The van der Waals surface area contributed by atoms with E-state index in [2.05, 4.69) is 35.2 Å². The minimum absolute atomic E-state index is 0.0941. The second kappa shape index (κ2) is 6.75. The van der Waals surface area contributed by atoms with E-state index >= 15 is 0 Å². The Morgan fingerprint density at radius 3 is 2.92 bits per heavy atom. The summed E-state index contributed by atoms with van der Waals surface area (Å²) in [6, 6.07) is 3.82. The van der Waals surface area contributed by atoms with Crippen molar-refractivity contribution in [2.75, 3.05) is 5.32 Å². The molecule has 0 aliphatic carbocycles. The zero-order valence-electron chi connectivity index (χ0n) is 14.0. The summed E-state index contributed by atoms with van der Waals surface area (Å²) in [4.78, 5) is 36.5. The number of hydrogen-bond acceptors (Lipinski definition) is 7. The molecule has 4 aromatic heterocycles. The Bertz CT molecular complexity index is 1170. The molecule has 0 radical (unpaired) electrons. The molecule has 0 aliphatic heterocycles. The van der Waals surface area contributed by atoms with Crippen molar-refractivity contribution < 1.29 is 4.79 Å². The van der Waals surface area contributed by atoms with E-state index < -0.39 is 0 Å². The molecule has 26 heavy (non-hydrogen) atoms. The van der Waals surface area contributed by atoms with Crippen LogP contribution in [0.1, 0.15) is 9.75 Å². The lowest BCUT2D eigenvalue weighted by Crippen LogP contribution is -2.27. The first kappa shape index (κ1) is 17.1. The molecule has 1 N–H and O–H groups in total. The number of carbonyl (C=O) groups excluding carboxylic acids is 1. The third-order valence-corrected chi connectivity index (χ3v) is 6.38. The van der Waals surface area contributed by atoms with Gasteiger partial charge in [-0.15, -0.1) is 34.0 Å². The van der Waals surface area contributed by atoms with Crippen LogP contribution in [0.3, 0.4) is 0 Å². The van der Waals surface area contributed by atoms with E-state index in [0.29, 0.717) is 15.3 Å². The first-order valence-electron chi connectivity index (χ1n) is 7.76. The molecule has 0 saturated carbocycles. The van der Waals surface area contributed by atoms with Gasteiger partial charge in [-0.3, -0.25) is 14.2 Å². The van der Waals surface area contributed by atoms with Crippen molar-refractivity contribution in [3.63, 3.8) is 0 Å². The van der Waals surface area contributed by atoms with Gasteiger partial charge in [-0.1, -0.05) is 0 Å². The average Bonchev–Trinajstić information content (AvgIpc) is 3.30. The summed E-state index contributed by atoms with van der Waals surface area (Å²) in [7, 11) is 0. The second-order valence-electron chi connectivity index (χ2n) is 5.73. The van der Waals surface area contributed by atoms with Crippen LogP contribution in [0.5, 0.6) is 0 Å². The number of aryl methyl sites for hydroxylation is 2. The number of nitrogens with one attached hydrogen (secondary N) is 1. The standard InChI is InChI=1S/C17H14N4O2S3/c1-9-5-12(10(2)26-9)13-7-25-17(19-13)20-14(22)6-21-8-18-15-11(16(21)23)3-4-24-15/h3-5,7-8H,6H2,1-2H3,(H,19,20,22). The Hall–Kier alpha value is -2.36. The average molecular weight is 403 g/mol. The molecule has 6 nitrogen and oxygen atoms in total. The molecule has 0 unspecified atom stereocenters. The van der Waals surface area contributed by atoms with Gasteiger partial charge in [0.05, 0.1) is 17.4 Å². The van der Waals surface area contributed by atoms with E-state index in [1.165, 1.54) is 43.3 Å². The van der Waals surface area contributed by atoms with Crippen LogP contribution in [0.2, 0.25) is 0 Å². The van der Waals surface area contributed by atoms with Crippen molar-refractivity contribution in [2.45, 2.75) is 20.4 Å². The van der Waals surface area contributed by atoms with E-state index in [1.807, 2.05) is 10.8 Å². The van der Waals surface area contributed by atoms with Gasteiger partial charge in [0.1, 0.15) is 11.4 Å². The molecule has 0 atom stereocenters. The molecule has 1 amide bonds. The van der Waals surface area contributed by atoms with Gasteiger partial charge in [-0.05, 0) is 31.4 Å². The normalized spacial score (nSPS) is 11.2. The van der Waals surface area contributed by atoms with Gasteiger partial charge in [-0.2, -0.15) is 0 Å². The van der Waals surface area contributed by atoms with Crippen molar-refractivity contribution in [1.29, 1.82) is 0 Å². The molecule has 0 saturated heterocycles. The molecule has 0 aliphatic rings. The zero-order valence-corrected chi connectivity index (χ0v) is 16.4. The van der Waals surface area contributed by atoms with Crippen molar-refractivity contribution in [1.82, 2.24) is 14.5 Å². The topological polar surface area (TPSA) is 76.9 Å². The van der Waals surface area contributed by atoms with E-state index in [-0.39, 0.29) is 18.0 Å². The number of rotatable bonds is 4. The van der Waals surface area contributed by atoms with E-state index in [4.69, 9.17) is 0 Å². The van der Waals surface area contributed by atoms with Gasteiger partial charge in [0.2, 0.25) is 5.91 Å². The molecular formula is C17H14N4O2S3. The molecule has 0 fully saturated rings. The molecule has 0 spiro atoms. The predicted molar refractivity (Wildman–Crippen MR) is 107 cm³/mol. The molecule has 4 heterocycles. The first-order valence-corrected chi connectivity index (χ1v) is 10.3. The summed E-state index contributed by atoms with van der Waals surface area (Å²) in [6.07, 6.45) is 1.41. The Labute approximate surface area is 160 Å². The third kappa shape index (κ3) is 3.20. The van der Waals surface area contributed by atoms with Crippen LogP contribution in [0.25, 0.3) is 21.5 Å². The minimum atomic E-state index is -0.303. The van der Waals surface area contributed by atoms with Crippen molar-refractivity contribution in [3.05, 3.63) is 49.3 Å². The Morgan fingerprint density at radius 2 is 2.15 bits per heavy atom. The fourth-order valence-electron chi connectivity index (χ4n) is 2.66. The number of hydrogen-bond donors (Lipinski definition) is 1. The van der Waals surface area contributed by atoms with E-state index in [0.717, 1.165) is 11.3 Å². The molecule has 9 heteroatoms. The van der Waals surface area contributed by atoms with Crippen LogP contribution < -0.4 is 10.9 Å². The first-order chi connectivity index (χ1) is 12.5. The monoisotopic (exact) mass is 402 g/mol. The van der Waals surface area contributed by atoms with Gasteiger partial charge in [0.25, 0.3) is 5.56 Å². The van der Waals surface area contributed by atoms with Crippen LogP contribution >= 0.6 is 34.0 Å². The van der Waals surface area contributed by atoms with E-state index in [9.17, 15) is 9.59 Å². The predicted octanol–water partition coefficient (Wildman–Crippen LogP) is 3.90. The van der Waals surface area contributed by atoms with Crippen molar-refractivity contribution in [2.24, 2.45) is 0 Å². The Kier molecular flexibility index (Phi) is 4.43. The molecule has 4 rings (SSSR count). The van der Waals surface area contributed by atoms with Gasteiger partial charge in [0.15, 0.2) is 5.13 Å². The van der Waals surface area contributed by atoms with Crippen LogP contribution in [0.15, 0.2) is 34.0 Å². The van der Waals surface area contributed by atoms with Gasteiger partial charge < -0.3 is 5.32 Å². The number of amides is 1. The molecule has 0 aromatic carbocycles. The van der Waals surface area contributed by atoms with Crippen LogP contribution in [-0.2, 0) is 11.3 Å². The summed E-state index contributed by atoms with van der Waals surface area (Å²) >= 11 is 4.50. The summed E-state index contributed by atoms with van der Waals surface area (Å²) in [6.45, 7) is 4.03. The van der Waals surface area contributed by atoms with E-state index in [1.54, 1.807) is 17.4 Å². The minimum Gasteiger partial charge on any atom is -0.300 e. The van der Waals surface area contributed by atoms with Crippen LogP contribution in [0.4, 0.5) is 5.13 Å². The number of fused-ring (bicyclic) bond motifs is 1. The maximum Gasteiger partial charge on any atom is 0.262 e. The molecule has 132 valence electrons. The SMILES string of the molecule is Cc1cc(-c2csc(NC(=O)Cn3cnc4sccc4c3=O)n2)c(C)s1. The van der Waals surface area contributed by atoms with Gasteiger partial charge >= 0.3 is 0 Å². The lowest BCUT2D eigenvalue weighted by Gasteiger charge is -2.04. The maximum atomic E-state index is 12.3. The number of thiazole rings is 1. The highest BCUT2D eigenvalue weighted by Gasteiger charge is 2.13. The highest BCUT2D eigenvalue weighted by Crippen LogP contribution is 2.32. The summed E-state index contributed by atoms with van der Waals surface area (Å²) in [5.74, 6) is -0.303. The molecular weight excluding hydrogens is 388 g/mol. The highest BCUT2D eigenvalue weighted by atomic mass is 32.1. The second-order valence-corrected chi connectivity index (χ2v) is 8.94. The quantitative estimate of drug-likeness (QED) is 0.562. The number of nitrogens with zero attached hydrogens (tertiary/aromatic N) is 3. The summed E-state index contributed by atoms with van der Waals surface area (Å²) in [5, 5.41) is 7.55. The van der Waals surface area contributed by atoms with Crippen molar-refractivity contribution in [3.8, 4) is 11.3 Å². The lowest BCUT2D eigenvalue weighted by atomic mass is 10.2. The lowest BCUT2D eigenvalue weighted by molar-refractivity contribution is -0.116. The number of aromatic nitrogens is 3. The Balaban J connectivity index is 1.50. The number of thiophene rings is 2. The van der Waals surface area contributed by atoms with Gasteiger partial charge in [-0.25, -0.2) is 9.97 Å². The largest absolute Gasteiger partial charge is 0.300 e. The van der Waals surface area contributed by atoms with Crippen LogP contribution in [0, 0.1) is 13.8 Å². The smallest absolute Gasteiger partial charge is 0.262 e.